The molecule has 0 saturated heterocycles. The van der Waals surface area contributed by atoms with E-state index in [1.807, 2.05) is 0 Å². The van der Waals surface area contributed by atoms with Crippen LogP contribution in [-0.2, 0) is 4.74 Å². The number of ether oxygens (including phenoxy) is 2. The first kappa shape index (κ1) is 19.7. The van der Waals surface area contributed by atoms with Crippen LogP contribution in [0.2, 0.25) is 0 Å². The summed E-state index contributed by atoms with van der Waals surface area (Å²) in [6, 6.07) is 7.10. The van der Waals surface area contributed by atoms with Crippen molar-refractivity contribution in [2.24, 2.45) is 0 Å². The van der Waals surface area contributed by atoms with E-state index >= 15 is 0 Å². The standard InChI is InChI=1S/C15H24N2O3.ClH/c1-3-8-16-9-10-17-15(18)13-4-6-14(7-5-13)20-12-11-19-2;/h4-7,16H,3,8-12H2,1-2H3,(H,17,18);1H. The minimum Gasteiger partial charge on any atom is -0.491 e. The lowest BCUT2D eigenvalue weighted by molar-refractivity contribution is 0.0954. The highest BCUT2D eigenvalue weighted by atomic mass is 35.5. The summed E-state index contributed by atoms with van der Waals surface area (Å²) in [6.45, 7) is 5.56. The van der Waals surface area contributed by atoms with E-state index in [-0.39, 0.29) is 18.3 Å². The van der Waals surface area contributed by atoms with Crippen molar-refractivity contribution < 1.29 is 14.3 Å². The maximum Gasteiger partial charge on any atom is 0.251 e. The van der Waals surface area contributed by atoms with Crippen LogP contribution in [0.1, 0.15) is 23.7 Å². The number of carbonyl (C=O) groups is 1. The van der Waals surface area contributed by atoms with Crippen molar-refractivity contribution in [1.82, 2.24) is 10.6 Å². The molecule has 0 heterocycles. The summed E-state index contributed by atoms with van der Waals surface area (Å²) in [5.74, 6) is 0.676. The second-order valence-electron chi connectivity index (χ2n) is 4.37. The predicted octanol–water partition coefficient (Wildman–Crippen LogP) is 1.86. The van der Waals surface area contributed by atoms with E-state index in [0.717, 1.165) is 25.3 Å². The third-order valence-electron chi connectivity index (χ3n) is 2.69. The first-order chi connectivity index (χ1) is 9.77. The Labute approximate surface area is 132 Å². The van der Waals surface area contributed by atoms with Gasteiger partial charge in [-0.3, -0.25) is 4.79 Å². The number of methoxy groups -OCH3 is 1. The van der Waals surface area contributed by atoms with Crippen molar-refractivity contribution in [2.45, 2.75) is 13.3 Å². The summed E-state index contributed by atoms with van der Waals surface area (Å²) in [6.07, 6.45) is 1.10. The Morgan fingerprint density at radius 2 is 1.81 bits per heavy atom. The molecule has 0 radical (unpaired) electrons. The molecule has 0 fully saturated rings. The zero-order valence-corrected chi connectivity index (χ0v) is 13.5. The van der Waals surface area contributed by atoms with Crippen LogP contribution in [0.4, 0.5) is 0 Å². The molecule has 120 valence electrons. The van der Waals surface area contributed by atoms with E-state index in [1.165, 1.54) is 0 Å². The van der Waals surface area contributed by atoms with Gasteiger partial charge in [-0.15, -0.1) is 12.4 Å². The smallest absolute Gasteiger partial charge is 0.251 e. The molecule has 0 aromatic heterocycles. The number of rotatable bonds is 10. The van der Waals surface area contributed by atoms with Gasteiger partial charge < -0.3 is 20.1 Å². The van der Waals surface area contributed by atoms with Crippen molar-refractivity contribution in [3.8, 4) is 5.75 Å². The Hall–Kier alpha value is -1.30. The summed E-state index contributed by atoms with van der Waals surface area (Å²) in [7, 11) is 1.63. The Bertz CT molecular complexity index is 385. The van der Waals surface area contributed by atoms with Crippen LogP contribution in [0.15, 0.2) is 24.3 Å². The maximum absolute atomic E-state index is 11.8. The Morgan fingerprint density at radius 3 is 2.43 bits per heavy atom. The maximum atomic E-state index is 11.8. The van der Waals surface area contributed by atoms with E-state index in [0.29, 0.717) is 25.3 Å². The summed E-state index contributed by atoms with van der Waals surface area (Å²) in [5, 5.41) is 6.10. The third-order valence-corrected chi connectivity index (χ3v) is 2.69. The van der Waals surface area contributed by atoms with E-state index in [1.54, 1.807) is 31.4 Å². The highest BCUT2D eigenvalue weighted by Crippen LogP contribution is 2.11. The lowest BCUT2D eigenvalue weighted by atomic mass is 10.2. The largest absolute Gasteiger partial charge is 0.491 e. The summed E-state index contributed by atoms with van der Waals surface area (Å²) >= 11 is 0. The van der Waals surface area contributed by atoms with Crippen LogP contribution in [-0.4, -0.2) is 45.9 Å². The normalized spacial score (nSPS) is 9.81. The van der Waals surface area contributed by atoms with E-state index < -0.39 is 0 Å². The van der Waals surface area contributed by atoms with Crippen molar-refractivity contribution in [1.29, 1.82) is 0 Å². The number of carbonyl (C=O) groups excluding carboxylic acids is 1. The van der Waals surface area contributed by atoms with E-state index in [9.17, 15) is 4.79 Å². The van der Waals surface area contributed by atoms with Gasteiger partial charge in [0.15, 0.2) is 0 Å². The minimum atomic E-state index is -0.0632. The van der Waals surface area contributed by atoms with Gasteiger partial charge in [0, 0.05) is 25.8 Å². The molecule has 0 aliphatic heterocycles. The molecule has 2 N–H and O–H groups in total. The van der Waals surface area contributed by atoms with Gasteiger partial charge in [0.05, 0.1) is 6.61 Å². The van der Waals surface area contributed by atoms with E-state index in [4.69, 9.17) is 9.47 Å². The van der Waals surface area contributed by atoms with Crippen molar-refractivity contribution in [3.63, 3.8) is 0 Å². The lowest BCUT2D eigenvalue weighted by Crippen LogP contribution is -2.32. The zero-order valence-electron chi connectivity index (χ0n) is 12.7. The van der Waals surface area contributed by atoms with Crippen LogP contribution in [0.5, 0.6) is 5.75 Å². The molecular formula is C15H25ClN2O3. The summed E-state index contributed by atoms with van der Waals surface area (Å²) < 4.78 is 10.3. The zero-order chi connectivity index (χ0) is 14.6. The molecule has 0 atom stereocenters. The van der Waals surface area contributed by atoms with Gasteiger partial charge in [-0.25, -0.2) is 0 Å². The van der Waals surface area contributed by atoms with Gasteiger partial charge >= 0.3 is 0 Å². The minimum absolute atomic E-state index is 0. The molecule has 0 aliphatic carbocycles. The van der Waals surface area contributed by atoms with Crippen LogP contribution in [0, 0.1) is 0 Å². The molecule has 6 heteroatoms. The summed E-state index contributed by atoms with van der Waals surface area (Å²) in [4.78, 5) is 11.8. The number of nitrogens with one attached hydrogen (secondary N) is 2. The fourth-order valence-electron chi connectivity index (χ4n) is 1.61. The molecule has 0 aliphatic rings. The van der Waals surface area contributed by atoms with Gasteiger partial charge in [0.25, 0.3) is 5.91 Å². The van der Waals surface area contributed by atoms with Gasteiger partial charge in [-0.1, -0.05) is 6.92 Å². The van der Waals surface area contributed by atoms with Crippen molar-refractivity contribution >= 4 is 18.3 Å². The number of hydrogen-bond acceptors (Lipinski definition) is 4. The fraction of sp³-hybridized carbons (Fsp3) is 0.533. The summed E-state index contributed by atoms with van der Waals surface area (Å²) in [5.41, 5.74) is 0.639. The lowest BCUT2D eigenvalue weighted by Gasteiger charge is -2.08. The predicted molar refractivity (Wildman–Crippen MR) is 86.6 cm³/mol. The van der Waals surface area contributed by atoms with Gasteiger partial charge in [0.2, 0.25) is 0 Å². The second-order valence-corrected chi connectivity index (χ2v) is 4.37. The molecule has 0 unspecified atom stereocenters. The molecule has 1 amide bonds. The van der Waals surface area contributed by atoms with Crippen LogP contribution >= 0.6 is 12.4 Å². The Balaban J connectivity index is 0.00000400. The molecule has 1 rings (SSSR count). The molecule has 0 saturated carbocycles. The van der Waals surface area contributed by atoms with Gasteiger partial charge in [0.1, 0.15) is 12.4 Å². The van der Waals surface area contributed by atoms with Crippen LogP contribution < -0.4 is 15.4 Å². The fourth-order valence-corrected chi connectivity index (χ4v) is 1.61. The molecule has 21 heavy (non-hydrogen) atoms. The first-order valence-corrected chi connectivity index (χ1v) is 6.98. The molecule has 0 spiro atoms. The highest BCUT2D eigenvalue weighted by molar-refractivity contribution is 5.94. The monoisotopic (exact) mass is 316 g/mol. The molecule has 1 aromatic rings. The molecule has 5 nitrogen and oxygen atoms in total. The Kier molecular flexibility index (Phi) is 11.7. The SMILES string of the molecule is CCCNCCNC(=O)c1ccc(OCCOC)cc1.Cl. The average molecular weight is 317 g/mol. The van der Waals surface area contributed by atoms with Crippen molar-refractivity contribution in [3.05, 3.63) is 29.8 Å². The molecular weight excluding hydrogens is 292 g/mol. The Morgan fingerprint density at radius 1 is 1.10 bits per heavy atom. The number of benzene rings is 1. The highest BCUT2D eigenvalue weighted by Gasteiger charge is 2.04. The van der Waals surface area contributed by atoms with E-state index in [2.05, 4.69) is 17.6 Å². The third kappa shape index (κ3) is 8.55. The molecule has 1 aromatic carbocycles. The number of halogens is 1. The van der Waals surface area contributed by atoms with Gasteiger partial charge in [-0.05, 0) is 37.2 Å². The van der Waals surface area contributed by atoms with Crippen molar-refractivity contribution in [2.75, 3.05) is 40.0 Å². The second kappa shape index (κ2) is 12.4. The molecule has 0 bridgehead atoms. The first-order valence-electron chi connectivity index (χ1n) is 6.98. The average Bonchev–Trinajstić information content (AvgIpc) is 2.48. The number of hydrogen-bond donors (Lipinski definition) is 2. The number of amides is 1. The quantitative estimate of drug-likeness (QED) is 0.647. The van der Waals surface area contributed by atoms with Crippen LogP contribution in [0.25, 0.3) is 0 Å². The van der Waals surface area contributed by atoms with Crippen LogP contribution in [0.3, 0.4) is 0 Å². The van der Waals surface area contributed by atoms with Gasteiger partial charge in [-0.2, -0.15) is 0 Å². The topological polar surface area (TPSA) is 59.6 Å².